The van der Waals surface area contributed by atoms with E-state index < -0.39 is 0 Å². The number of hydrogen-bond acceptors (Lipinski definition) is 3. The van der Waals surface area contributed by atoms with E-state index in [1.807, 2.05) is 24.3 Å². The molecule has 0 radical (unpaired) electrons. The quantitative estimate of drug-likeness (QED) is 0.720. The number of ketones is 1. The highest BCUT2D eigenvalue weighted by Gasteiger charge is 2.02. The van der Waals surface area contributed by atoms with Gasteiger partial charge in [0, 0.05) is 23.4 Å². The van der Waals surface area contributed by atoms with Gasteiger partial charge in [-0.2, -0.15) is 0 Å². The number of ether oxygens (including phenoxy) is 1. The maximum Gasteiger partial charge on any atom is 0.145 e. The number of methoxy groups -OCH3 is 1. The monoisotopic (exact) mass is 244 g/mol. The van der Waals surface area contributed by atoms with Crippen molar-refractivity contribution in [2.45, 2.75) is 11.3 Å². The normalized spacial score (nSPS) is 10.3. The summed E-state index contributed by atoms with van der Waals surface area (Å²) >= 11 is 7.27. The number of carbonyl (C=O) groups excluding carboxylic acids is 1. The van der Waals surface area contributed by atoms with E-state index in [0.717, 1.165) is 4.90 Å². The van der Waals surface area contributed by atoms with Gasteiger partial charge in [0.25, 0.3) is 0 Å². The number of rotatable bonds is 6. The lowest BCUT2D eigenvalue weighted by molar-refractivity contribution is -0.117. The number of halogens is 1. The maximum atomic E-state index is 11.3. The van der Waals surface area contributed by atoms with E-state index >= 15 is 0 Å². The second kappa shape index (κ2) is 6.88. The number of hydrogen-bond donors (Lipinski definition) is 0. The van der Waals surface area contributed by atoms with Crippen LogP contribution in [0.25, 0.3) is 0 Å². The Morgan fingerprint density at radius 1 is 1.40 bits per heavy atom. The number of benzene rings is 1. The molecule has 0 atom stereocenters. The number of carbonyl (C=O) groups is 1. The molecule has 0 aliphatic heterocycles. The molecule has 0 bridgehead atoms. The third-order valence-electron chi connectivity index (χ3n) is 1.80. The summed E-state index contributed by atoms with van der Waals surface area (Å²) in [4.78, 5) is 12.4. The van der Waals surface area contributed by atoms with Crippen LogP contribution in [0.2, 0.25) is 5.02 Å². The van der Waals surface area contributed by atoms with E-state index in [2.05, 4.69) is 0 Å². The molecule has 4 heteroatoms. The second-order valence-electron chi connectivity index (χ2n) is 3.02. The molecule has 0 aliphatic carbocycles. The molecule has 82 valence electrons. The Hall–Kier alpha value is -0.510. The van der Waals surface area contributed by atoms with Gasteiger partial charge in [0.15, 0.2) is 0 Å². The summed E-state index contributed by atoms with van der Waals surface area (Å²) < 4.78 is 4.83. The van der Waals surface area contributed by atoms with E-state index in [-0.39, 0.29) is 5.78 Å². The Bertz CT molecular complexity index is 311. The zero-order valence-corrected chi connectivity index (χ0v) is 10.1. The van der Waals surface area contributed by atoms with Crippen LogP contribution in [-0.2, 0) is 9.53 Å². The van der Waals surface area contributed by atoms with Gasteiger partial charge in [-0.3, -0.25) is 4.79 Å². The van der Waals surface area contributed by atoms with Crippen LogP contribution in [0.15, 0.2) is 29.2 Å². The topological polar surface area (TPSA) is 26.3 Å². The van der Waals surface area contributed by atoms with Crippen molar-refractivity contribution in [1.82, 2.24) is 0 Å². The molecule has 0 heterocycles. The van der Waals surface area contributed by atoms with Crippen molar-refractivity contribution in [2.24, 2.45) is 0 Å². The zero-order valence-electron chi connectivity index (χ0n) is 8.53. The molecule has 0 unspecified atom stereocenters. The van der Waals surface area contributed by atoms with Crippen LogP contribution in [0.4, 0.5) is 0 Å². The van der Waals surface area contributed by atoms with Gasteiger partial charge in [-0.05, 0) is 24.3 Å². The number of thioether (sulfide) groups is 1. The Morgan fingerprint density at radius 2 is 2.07 bits per heavy atom. The molecule has 0 saturated heterocycles. The third kappa shape index (κ3) is 5.21. The van der Waals surface area contributed by atoms with Crippen LogP contribution >= 0.6 is 23.4 Å². The highest BCUT2D eigenvalue weighted by molar-refractivity contribution is 8.00. The first-order chi connectivity index (χ1) is 7.22. The highest BCUT2D eigenvalue weighted by Crippen LogP contribution is 2.20. The minimum absolute atomic E-state index is 0.205. The molecular weight excluding hydrogens is 232 g/mol. The van der Waals surface area contributed by atoms with E-state index in [4.69, 9.17) is 16.3 Å². The average Bonchev–Trinajstić information content (AvgIpc) is 2.25. The van der Waals surface area contributed by atoms with E-state index in [0.29, 0.717) is 23.8 Å². The second-order valence-corrected chi connectivity index (χ2v) is 4.51. The summed E-state index contributed by atoms with van der Waals surface area (Å²) in [5, 5.41) is 0.713. The lowest BCUT2D eigenvalue weighted by Crippen LogP contribution is -2.04. The van der Waals surface area contributed by atoms with Crippen molar-refractivity contribution in [3.63, 3.8) is 0 Å². The number of Topliss-reactive ketones (excluding diaryl/α,β-unsaturated/α-hetero) is 1. The van der Waals surface area contributed by atoms with Crippen LogP contribution in [0, 0.1) is 0 Å². The SMILES string of the molecule is COCCC(=O)CSc1ccc(Cl)cc1. The van der Waals surface area contributed by atoms with Crippen molar-refractivity contribution in [3.05, 3.63) is 29.3 Å². The highest BCUT2D eigenvalue weighted by atomic mass is 35.5. The lowest BCUT2D eigenvalue weighted by atomic mass is 10.3. The van der Waals surface area contributed by atoms with E-state index in [9.17, 15) is 4.79 Å². The smallest absolute Gasteiger partial charge is 0.145 e. The fourth-order valence-corrected chi connectivity index (χ4v) is 1.91. The van der Waals surface area contributed by atoms with Crippen molar-refractivity contribution < 1.29 is 9.53 Å². The van der Waals surface area contributed by atoms with Crippen molar-refractivity contribution in [2.75, 3.05) is 19.5 Å². The molecule has 1 rings (SSSR count). The first kappa shape index (κ1) is 12.6. The van der Waals surface area contributed by atoms with Crippen molar-refractivity contribution >= 4 is 29.1 Å². The van der Waals surface area contributed by atoms with Gasteiger partial charge in [0.2, 0.25) is 0 Å². The minimum Gasteiger partial charge on any atom is -0.384 e. The van der Waals surface area contributed by atoms with Gasteiger partial charge < -0.3 is 4.74 Å². The minimum atomic E-state index is 0.205. The summed E-state index contributed by atoms with van der Waals surface area (Å²) in [6.45, 7) is 0.500. The molecule has 15 heavy (non-hydrogen) atoms. The molecular formula is C11H13ClO2S. The molecule has 2 nitrogen and oxygen atoms in total. The molecule has 0 fully saturated rings. The standard InChI is InChI=1S/C11H13ClO2S/c1-14-7-6-10(13)8-15-11-4-2-9(12)3-5-11/h2-5H,6-8H2,1H3. The van der Waals surface area contributed by atoms with Crippen molar-refractivity contribution in [3.8, 4) is 0 Å². The molecule has 0 saturated carbocycles. The predicted octanol–water partition coefficient (Wildman–Crippen LogP) is 3.04. The lowest BCUT2D eigenvalue weighted by Gasteiger charge is -2.01. The van der Waals surface area contributed by atoms with E-state index in [1.165, 1.54) is 11.8 Å². The van der Waals surface area contributed by atoms with Gasteiger partial charge in [0.05, 0.1) is 12.4 Å². The Kier molecular flexibility index (Phi) is 5.76. The molecule has 0 aliphatic rings. The fraction of sp³-hybridized carbons (Fsp3) is 0.364. The Balaban J connectivity index is 2.30. The fourth-order valence-electron chi connectivity index (χ4n) is 0.983. The molecule has 1 aromatic rings. The molecule has 0 spiro atoms. The predicted molar refractivity (Wildman–Crippen MR) is 63.7 cm³/mol. The van der Waals surface area contributed by atoms with Crippen LogP contribution < -0.4 is 0 Å². The average molecular weight is 245 g/mol. The van der Waals surface area contributed by atoms with Crippen LogP contribution in [-0.4, -0.2) is 25.3 Å². The Labute approximate surface area is 99.0 Å². The van der Waals surface area contributed by atoms with E-state index in [1.54, 1.807) is 7.11 Å². The van der Waals surface area contributed by atoms with Gasteiger partial charge in [0.1, 0.15) is 5.78 Å². The molecule has 0 N–H and O–H groups in total. The van der Waals surface area contributed by atoms with Crippen LogP contribution in [0.3, 0.4) is 0 Å². The van der Waals surface area contributed by atoms with Crippen LogP contribution in [0.1, 0.15) is 6.42 Å². The first-order valence-electron chi connectivity index (χ1n) is 4.61. The summed E-state index contributed by atoms with van der Waals surface area (Å²) in [7, 11) is 1.60. The summed E-state index contributed by atoms with van der Waals surface area (Å²) in [5.41, 5.74) is 0. The van der Waals surface area contributed by atoms with Gasteiger partial charge in [-0.15, -0.1) is 11.8 Å². The molecule has 0 amide bonds. The van der Waals surface area contributed by atoms with Crippen molar-refractivity contribution in [1.29, 1.82) is 0 Å². The van der Waals surface area contributed by atoms with Gasteiger partial charge in [-0.1, -0.05) is 11.6 Å². The maximum absolute atomic E-state index is 11.3. The van der Waals surface area contributed by atoms with Gasteiger partial charge in [-0.25, -0.2) is 0 Å². The summed E-state index contributed by atoms with van der Waals surface area (Å²) in [6.07, 6.45) is 0.483. The summed E-state index contributed by atoms with van der Waals surface area (Å²) in [5.74, 6) is 0.696. The summed E-state index contributed by atoms with van der Waals surface area (Å²) in [6, 6.07) is 7.47. The largest absolute Gasteiger partial charge is 0.384 e. The molecule has 0 aromatic heterocycles. The first-order valence-corrected chi connectivity index (χ1v) is 5.97. The third-order valence-corrected chi connectivity index (χ3v) is 3.12. The Morgan fingerprint density at radius 3 is 2.67 bits per heavy atom. The molecule has 1 aromatic carbocycles. The zero-order chi connectivity index (χ0) is 11.1. The van der Waals surface area contributed by atoms with Gasteiger partial charge >= 0.3 is 0 Å². The van der Waals surface area contributed by atoms with Crippen LogP contribution in [0.5, 0.6) is 0 Å².